The monoisotopic (exact) mass is 243 g/mol. The van der Waals surface area contributed by atoms with Gasteiger partial charge in [0.25, 0.3) is 0 Å². The first-order chi connectivity index (χ1) is 8.11. The molecule has 1 heterocycles. The summed E-state index contributed by atoms with van der Waals surface area (Å²) >= 11 is 0. The number of hydrogen-bond acceptors (Lipinski definition) is 3. The van der Waals surface area contributed by atoms with Crippen LogP contribution in [0.5, 0.6) is 0 Å². The lowest BCUT2D eigenvalue weighted by Crippen LogP contribution is -2.39. The van der Waals surface area contributed by atoms with E-state index >= 15 is 0 Å². The van der Waals surface area contributed by atoms with Crippen LogP contribution in [0.3, 0.4) is 0 Å². The molecule has 1 saturated heterocycles. The average Bonchev–Trinajstić information content (AvgIpc) is 2.37. The second-order valence-electron chi connectivity index (χ2n) is 3.95. The Morgan fingerprint density at radius 3 is 2.18 bits per heavy atom. The summed E-state index contributed by atoms with van der Waals surface area (Å²) < 4.78 is 0. The van der Waals surface area contributed by atoms with Gasteiger partial charge < -0.3 is 22.1 Å². The van der Waals surface area contributed by atoms with Gasteiger partial charge in [-0.2, -0.15) is 0 Å². The van der Waals surface area contributed by atoms with Crippen molar-refractivity contribution in [1.29, 1.82) is 0 Å². The van der Waals surface area contributed by atoms with Crippen LogP contribution < -0.4 is 17.2 Å². The van der Waals surface area contributed by atoms with Crippen LogP contribution in [0, 0.1) is 0 Å². The Bertz CT molecular complexity index is 232. The largest absolute Gasteiger partial charge is 0.370 e. The van der Waals surface area contributed by atoms with E-state index in [0.717, 1.165) is 38.9 Å². The van der Waals surface area contributed by atoms with Gasteiger partial charge in [-0.3, -0.25) is 9.79 Å². The van der Waals surface area contributed by atoms with Crippen LogP contribution in [0.4, 0.5) is 0 Å². The zero-order valence-electron chi connectivity index (χ0n) is 10.7. The predicted octanol–water partition coefficient (Wildman–Crippen LogP) is -0.373. The summed E-state index contributed by atoms with van der Waals surface area (Å²) in [7, 11) is 0. The van der Waals surface area contributed by atoms with E-state index in [1.165, 1.54) is 6.42 Å². The first kappa shape index (κ1) is 15.7. The molecule has 0 radical (unpaired) electrons. The number of amides is 1. The highest BCUT2D eigenvalue weighted by molar-refractivity contribution is 5.78. The summed E-state index contributed by atoms with van der Waals surface area (Å²) in [4.78, 5) is 16.5. The molecule has 1 amide bonds. The lowest BCUT2D eigenvalue weighted by Gasteiger charge is -2.25. The normalized spacial score (nSPS) is 14.6. The van der Waals surface area contributed by atoms with Crippen molar-refractivity contribution in [2.45, 2.75) is 32.6 Å². The van der Waals surface area contributed by atoms with Crippen LogP contribution in [0.1, 0.15) is 32.6 Å². The van der Waals surface area contributed by atoms with Gasteiger partial charge in [0, 0.05) is 19.6 Å². The number of rotatable bonds is 3. The van der Waals surface area contributed by atoms with Crippen LogP contribution in [0.25, 0.3) is 0 Å². The third-order valence-electron chi connectivity index (χ3n) is 2.40. The summed E-state index contributed by atoms with van der Waals surface area (Å²) in [5, 5.41) is 0. The van der Waals surface area contributed by atoms with Gasteiger partial charge >= 0.3 is 0 Å². The molecule has 0 bridgehead atoms. The van der Waals surface area contributed by atoms with Crippen molar-refractivity contribution in [3.63, 3.8) is 0 Å². The lowest BCUT2D eigenvalue weighted by molar-refractivity contribution is -0.130. The zero-order valence-corrected chi connectivity index (χ0v) is 10.7. The zero-order chi connectivity index (χ0) is 13.1. The Kier molecular flexibility index (Phi) is 9.14. The number of likely N-dealkylation sites (tertiary alicyclic amines) is 1. The van der Waals surface area contributed by atoms with Gasteiger partial charge in [0.05, 0.1) is 6.54 Å². The summed E-state index contributed by atoms with van der Waals surface area (Å²) in [5.41, 5.74) is 15.2. The number of carbonyl (C=O) groups is 1. The smallest absolute Gasteiger partial charge is 0.236 e. The molecule has 6 heteroatoms. The second-order valence-corrected chi connectivity index (χ2v) is 3.95. The lowest BCUT2D eigenvalue weighted by atomic mass is 10.1. The average molecular weight is 243 g/mol. The fraction of sp³-hybridized carbons (Fsp3) is 0.818. The fourth-order valence-electron chi connectivity index (χ4n) is 1.51. The summed E-state index contributed by atoms with van der Waals surface area (Å²) in [6.07, 6.45) is 4.55. The van der Waals surface area contributed by atoms with E-state index in [-0.39, 0.29) is 18.4 Å². The van der Waals surface area contributed by atoms with Crippen molar-refractivity contribution < 1.29 is 4.79 Å². The van der Waals surface area contributed by atoms with Crippen LogP contribution in [0.2, 0.25) is 0 Å². The van der Waals surface area contributed by atoms with E-state index in [0.29, 0.717) is 0 Å². The number of aliphatic imine (C=N–C) groups is 1. The Morgan fingerprint density at radius 2 is 1.82 bits per heavy atom. The van der Waals surface area contributed by atoms with E-state index in [4.69, 9.17) is 17.2 Å². The summed E-state index contributed by atoms with van der Waals surface area (Å²) in [5.74, 6) is 0.279. The minimum absolute atomic E-state index is 0.0969. The molecular formula is C11H25N5O. The maximum atomic E-state index is 11.0. The van der Waals surface area contributed by atoms with Gasteiger partial charge in [0.2, 0.25) is 5.91 Å². The van der Waals surface area contributed by atoms with Crippen molar-refractivity contribution in [1.82, 2.24) is 4.90 Å². The van der Waals surface area contributed by atoms with E-state index in [9.17, 15) is 4.79 Å². The molecule has 100 valence electrons. The number of piperidine rings is 1. The maximum absolute atomic E-state index is 11.0. The van der Waals surface area contributed by atoms with E-state index in [1.807, 2.05) is 11.8 Å². The molecule has 6 N–H and O–H groups in total. The second kappa shape index (κ2) is 9.89. The van der Waals surface area contributed by atoms with Gasteiger partial charge in [-0.15, -0.1) is 0 Å². The summed E-state index contributed by atoms with van der Waals surface area (Å²) in [6, 6.07) is 0. The molecule has 0 unspecified atom stereocenters. The van der Waals surface area contributed by atoms with Crippen LogP contribution >= 0.6 is 0 Å². The van der Waals surface area contributed by atoms with Gasteiger partial charge in [-0.1, -0.05) is 6.92 Å². The van der Waals surface area contributed by atoms with Gasteiger partial charge in [0.1, 0.15) is 0 Å². The number of hydrogen-bond donors (Lipinski definition) is 3. The number of carbonyl (C=O) groups excluding carboxylic acids is 1. The van der Waals surface area contributed by atoms with Crippen LogP contribution in [0.15, 0.2) is 4.99 Å². The molecule has 0 saturated carbocycles. The molecule has 6 nitrogen and oxygen atoms in total. The molecular weight excluding hydrogens is 218 g/mol. The van der Waals surface area contributed by atoms with Crippen molar-refractivity contribution in [2.75, 3.05) is 26.2 Å². The Labute approximate surface area is 103 Å². The standard InChI is InChI=1S/C7H14N2O.C4H11N3/c8-6-7(10)9-4-2-1-3-5-9;1-2-3-7-4(5)6/h1-6,8H2;2-3H2,1H3,(H4,5,6,7). The highest BCUT2D eigenvalue weighted by Gasteiger charge is 2.13. The van der Waals surface area contributed by atoms with Crippen molar-refractivity contribution in [3.05, 3.63) is 0 Å². The minimum Gasteiger partial charge on any atom is -0.370 e. The maximum Gasteiger partial charge on any atom is 0.236 e. The van der Waals surface area contributed by atoms with Crippen molar-refractivity contribution >= 4 is 11.9 Å². The van der Waals surface area contributed by atoms with Crippen LogP contribution in [-0.4, -0.2) is 42.9 Å². The Morgan fingerprint density at radius 1 is 1.24 bits per heavy atom. The molecule has 1 rings (SSSR count). The number of nitrogens with two attached hydrogens (primary N) is 3. The molecule has 0 aromatic carbocycles. The van der Waals surface area contributed by atoms with Crippen molar-refractivity contribution in [3.8, 4) is 0 Å². The molecule has 1 fully saturated rings. The highest BCUT2D eigenvalue weighted by atomic mass is 16.2. The van der Waals surface area contributed by atoms with Gasteiger partial charge in [-0.25, -0.2) is 0 Å². The molecule has 1 aliphatic rings. The van der Waals surface area contributed by atoms with Crippen molar-refractivity contribution in [2.24, 2.45) is 22.2 Å². The van der Waals surface area contributed by atoms with Gasteiger partial charge in [0.15, 0.2) is 5.96 Å². The SMILES string of the molecule is CCCN=C(N)N.NCC(=O)N1CCCCC1. The fourth-order valence-corrected chi connectivity index (χ4v) is 1.51. The first-order valence-corrected chi connectivity index (χ1v) is 6.15. The quantitative estimate of drug-likeness (QED) is 0.464. The molecule has 0 aromatic heterocycles. The van der Waals surface area contributed by atoms with Crippen LogP contribution in [-0.2, 0) is 4.79 Å². The Hall–Kier alpha value is -1.30. The van der Waals surface area contributed by atoms with E-state index in [2.05, 4.69) is 4.99 Å². The molecule has 0 atom stereocenters. The molecule has 17 heavy (non-hydrogen) atoms. The first-order valence-electron chi connectivity index (χ1n) is 6.15. The third-order valence-corrected chi connectivity index (χ3v) is 2.40. The molecule has 0 aliphatic carbocycles. The Balaban J connectivity index is 0.000000325. The topological polar surface area (TPSA) is 111 Å². The minimum atomic E-state index is 0.0969. The predicted molar refractivity (Wildman–Crippen MR) is 70.5 cm³/mol. The third kappa shape index (κ3) is 8.50. The molecule has 0 aromatic rings. The summed E-state index contributed by atoms with van der Waals surface area (Å²) in [6.45, 7) is 4.75. The van der Waals surface area contributed by atoms with Gasteiger partial charge in [-0.05, 0) is 25.7 Å². The van der Waals surface area contributed by atoms with E-state index < -0.39 is 0 Å². The molecule has 1 aliphatic heterocycles. The number of nitrogens with zero attached hydrogens (tertiary/aromatic N) is 2. The number of guanidine groups is 1. The highest BCUT2D eigenvalue weighted by Crippen LogP contribution is 2.07. The van der Waals surface area contributed by atoms with E-state index in [1.54, 1.807) is 0 Å². The molecule has 0 spiro atoms.